The topological polar surface area (TPSA) is 75.5 Å². The Morgan fingerprint density at radius 2 is 2.15 bits per heavy atom. The molecule has 1 atom stereocenters. The van der Waals surface area contributed by atoms with Crippen LogP contribution in [0, 0.1) is 17.0 Å². The van der Waals surface area contributed by atoms with Crippen molar-refractivity contribution in [1.82, 2.24) is 10.2 Å². The van der Waals surface area contributed by atoms with Crippen LogP contribution in [0.3, 0.4) is 0 Å². The van der Waals surface area contributed by atoms with Crippen molar-refractivity contribution in [3.8, 4) is 0 Å². The number of carbonyl (C=O) groups excluding carboxylic acids is 1. The summed E-state index contributed by atoms with van der Waals surface area (Å²) in [6.07, 6.45) is 0. The summed E-state index contributed by atoms with van der Waals surface area (Å²) in [6.45, 7) is 5.85. The Morgan fingerprint density at radius 1 is 1.45 bits per heavy atom. The van der Waals surface area contributed by atoms with Gasteiger partial charge in [-0.1, -0.05) is 0 Å². The predicted molar refractivity (Wildman–Crippen MR) is 78.4 cm³/mol. The van der Waals surface area contributed by atoms with Crippen molar-refractivity contribution in [1.29, 1.82) is 0 Å². The smallest absolute Gasteiger partial charge is 0.270 e. The number of nitrogens with zero attached hydrogens (tertiary/aromatic N) is 2. The molecule has 0 unspecified atom stereocenters. The van der Waals surface area contributed by atoms with Crippen LogP contribution in [-0.4, -0.2) is 41.4 Å². The van der Waals surface area contributed by atoms with E-state index in [9.17, 15) is 14.9 Å². The number of hydrogen-bond acceptors (Lipinski definition) is 4. The second-order valence-electron chi connectivity index (χ2n) is 4.87. The van der Waals surface area contributed by atoms with E-state index in [0.717, 1.165) is 18.7 Å². The number of piperazine rings is 1. The van der Waals surface area contributed by atoms with Crippen LogP contribution in [0.1, 0.15) is 22.8 Å². The maximum absolute atomic E-state index is 12.4. The molecule has 1 heterocycles. The van der Waals surface area contributed by atoms with E-state index in [1.807, 2.05) is 6.92 Å². The Morgan fingerprint density at radius 3 is 2.75 bits per heavy atom. The molecule has 0 aromatic heterocycles. The lowest BCUT2D eigenvalue weighted by molar-refractivity contribution is -0.384. The van der Waals surface area contributed by atoms with Crippen LogP contribution in [0.2, 0.25) is 0 Å². The highest BCUT2D eigenvalue weighted by atomic mass is 35.5. The van der Waals surface area contributed by atoms with Gasteiger partial charge in [-0.25, -0.2) is 0 Å². The molecule has 1 aromatic rings. The second-order valence-corrected chi connectivity index (χ2v) is 4.87. The molecule has 0 spiro atoms. The summed E-state index contributed by atoms with van der Waals surface area (Å²) in [6, 6.07) is 4.62. The Kier molecular flexibility index (Phi) is 5.47. The molecule has 110 valence electrons. The van der Waals surface area contributed by atoms with Crippen molar-refractivity contribution in [3.63, 3.8) is 0 Å². The Bertz CT molecular complexity index is 522. The maximum Gasteiger partial charge on any atom is 0.270 e. The van der Waals surface area contributed by atoms with Crippen LogP contribution < -0.4 is 5.32 Å². The lowest BCUT2D eigenvalue weighted by atomic mass is 10.1. The van der Waals surface area contributed by atoms with E-state index in [-0.39, 0.29) is 30.0 Å². The summed E-state index contributed by atoms with van der Waals surface area (Å²) in [5, 5.41) is 14.0. The van der Waals surface area contributed by atoms with Gasteiger partial charge in [0.25, 0.3) is 11.6 Å². The number of nitro benzene ring substituents is 1. The summed E-state index contributed by atoms with van der Waals surface area (Å²) in [4.78, 5) is 24.5. The van der Waals surface area contributed by atoms with E-state index in [1.54, 1.807) is 17.9 Å². The van der Waals surface area contributed by atoms with Gasteiger partial charge in [-0.3, -0.25) is 14.9 Å². The molecule has 7 heteroatoms. The van der Waals surface area contributed by atoms with Gasteiger partial charge in [0.05, 0.1) is 4.92 Å². The van der Waals surface area contributed by atoms with E-state index >= 15 is 0 Å². The summed E-state index contributed by atoms with van der Waals surface area (Å²) in [7, 11) is 0. The number of halogens is 1. The van der Waals surface area contributed by atoms with Gasteiger partial charge in [0.1, 0.15) is 0 Å². The largest absolute Gasteiger partial charge is 0.333 e. The van der Waals surface area contributed by atoms with Gasteiger partial charge in [0.2, 0.25) is 0 Å². The lowest BCUT2D eigenvalue weighted by Gasteiger charge is -2.34. The average Bonchev–Trinajstić information content (AvgIpc) is 2.37. The third-order valence-electron chi connectivity index (χ3n) is 3.28. The second kappa shape index (κ2) is 6.67. The molecular weight excluding hydrogens is 282 g/mol. The number of carbonyl (C=O) groups is 1. The molecule has 1 fully saturated rings. The predicted octanol–water partition coefficient (Wildman–Crippen LogP) is 1.76. The highest BCUT2D eigenvalue weighted by molar-refractivity contribution is 5.95. The third kappa shape index (κ3) is 3.46. The molecule has 2 rings (SSSR count). The van der Waals surface area contributed by atoms with Crippen LogP contribution >= 0.6 is 12.4 Å². The summed E-state index contributed by atoms with van der Waals surface area (Å²) < 4.78 is 0. The Hall–Kier alpha value is -1.66. The Balaban J connectivity index is 0.00000200. The lowest BCUT2D eigenvalue weighted by Crippen LogP contribution is -2.52. The van der Waals surface area contributed by atoms with Crippen LogP contribution in [0.25, 0.3) is 0 Å². The fraction of sp³-hybridized carbons (Fsp3) is 0.462. The minimum Gasteiger partial charge on any atom is -0.333 e. The Labute approximate surface area is 123 Å². The van der Waals surface area contributed by atoms with Crippen LogP contribution in [0.15, 0.2) is 18.2 Å². The summed E-state index contributed by atoms with van der Waals surface area (Å²) in [5.41, 5.74) is 1.08. The van der Waals surface area contributed by atoms with Gasteiger partial charge in [0, 0.05) is 43.4 Å². The first-order valence-corrected chi connectivity index (χ1v) is 6.27. The molecule has 0 saturated carbocycles. The quantitative estimate of drug-likeness (QED) is 0.667. The van der Waals surface area contributed by atoms with Gasteiger partial charge < -0.3 is 10.2 Å². The molecule has 1 saturated heterocycles. The van der Waals surface area contributed by atoms with Crippen molar-refractivity contribution in [2.75, 3.05) is 19.6 Å². The van der Waals surface area contributed by atoms with Gasteiger partial charge in [0.15, 0.2) is 0 Å². The van der Waals surface area contributed by atoms with Crippen molar-refractivity contribution in [2.24, 2.45) is 0 Å². The molecule has 1 amide bonds. The zero-order valence-electron chi connectivity index (χ0n) is 11.5. The van der Waals surface area contributed by atoms with Gasteiger partial charge >= 0.3 is 0 Å². The third-order valence-corrected chi connectivity index (χ3v) is 3.28. The van der Waals surface area contributed by atoms with Crippen LogP contribution in [0.4, 0.5) is 5.69 Å². The van der Waals surface area contributed by atoms with Gasteiger partial charge in [-0.15, -0.1) is 12.4 Å². The van der Waals surface area contributed by atoms with E-state index in [2.05, 4.69) is 5.32 Å². The highest BCUT2D eigenvalue weighted by Gasteiger charge is 2.25. The van der Waals surface area contributed by atoms with Crippen molar-refractivity contribution in [3.05, 3.63) is 39.4 Å². The van der Waals surface area contributed by atoms with Crippen molar-refractivity contribution < 1.29 is 9.72 Å². The molecule has 1 aliphatic rings. The van der Waals surface area contributed by atoms with Crippen LogP contribution in [-0.2, 0) is 0 Å². The first kappa shape index (κ1) is 16.4. The fourth-order valence-electron chi connectivity index (χ4n) is 2.30. The average molecular weight is 300 g/mol. The molecule has 1 aromatic carbocycles. The molecule has 0 bridgehead atoms. The molecule has 0 radical (unpaired) electrons. The molecule has 1 aliphatic heterocycles. The number of aryl methyl sites for hydroxylation is 1. The first-order valence-electron chi connectivity index (χ1n) is 6.27. The first-order chi connectivity index (χ1) is 8.99. The molecule has 0 aliphatic carbocycles. The highest BCUT2D eigenvalue weighted by Crippen LogP contribution is 2.19. The number of nitrogens with one attached hydrogen (secondary N) is 1. The van der Waals surface area contributed by atoms with E-state index < -0.39 is 4.92 Å². The molecule has 20 heavy (non-hydrogen) atoms. The monoisotopic (exact) mass is 299 g/mol. The van der Waals surface area contributed by atoms with Gasteiger partial charge in [-0.2, -0.15) is 0 Å². The van der Waals surface area contributed by atoms with Crippen LogP contribution in [0.5, 0.6) is 0 Å². The maximum atomic E-state index is 12.4. The zero-order valence-corrected chi connectivity index (χ0v) is 12.3. The van der Waals surface area contributed by atoms with E-state index in [1.165, 1.54) is 12.1 Å². The summed E-state index contributed by atoms with van der Waals surface area (Å²) >= 11 is 0. The minimum absolute atomic E-state index is 0. The normalized spacial score (nSPS) is 18.3. The number of amides is 1. The molecule has 1 N–H and O–H groups in total. The van der Waals surface area contributed by atoms with Gasteiger partial charge in [-0.05, 0) is 25.5 Å². The number of hydrogen-bond donors (Lipinski definition) is 1. The number of non-ortho nitro benzene ring substituents is 1. The zero-order chi connectivity index (χ0) is 14.0. The SMILES string of the molecule is Cc1cc(C(=O)N2CCNC[C@H]2C)cc([N+](=O)[O-])c1.Cl. The number of benzene rings is 1. The minimum atomic E-state index is -0.467. The van der Waals surface area contributed by atoms with E-state index in [0.29, 0.717) is 12.1 Å². The van der Waals surface area contributed by atoms with E-state index in [4.69, 9.17) is 0 Å². The number of rotatable bonds is 2. The fourth-order valence-corrected chi connectivity index (χ4v) is 2.30. The summed E-state index contributed by atoms with van der Waals surface area (Å²) in [5.74, 6) is -0.138. The molecule has 6 nitrogen and oxygen atoms in total. The molecular formula is C13H18ClN3O3. The van der Waals surface area contributed by atoms with Crippen molar-refractivity contribution in [2.45, 2.75) is 19.9 Å². The standard InChI is InChI=1S/C13H17N3O3.ClH/c1-9-5-11(7-12(6-9)16(18)19)13(17)15-4-3-14-8-10(15)2;/h5-7,10,14H,3-4,8H2,1-2H3;1H/t10-;/m1./s1. The van der Waals surface area contributed by atoms with Crippen molar-refractivity contribution >= 4 is 24.0 Å². The number of nitro groups is 1.